The van der Waals surface area contributed by atoms with Gasteiger partial charge in [0.05, 0.1) is 9.85 Å². The van der Waals surface area contributed by atoms with Crippen molar-refractivity contribution in [1.29, 1.82) is 0 Å². The van der Waals surface area contributed by atoms with Crippen LogP contribution in [-0.4, -0.2) is 38.8 Å². The minimum absolute atomic E-state index is 0.166. The fraction of sp³-hybridized carbons (Fsp3) is 0.353. The van der Waals surface area contributed by atoms with Crippen molar-refractivity contribution >= 4 is 28.9 Å². The lowest BCUT2D eigenvalue weighted by Gasteiger charge is -2.31. The molecule has 12 nitrogen and oxygen atoms in total. The lowest BCUT2D eigenvalue weighted by Crippen LogP contribution is -2.36. The molecule has 1 aliphatic heterocycles. The van der Waals surface area contributed by atoms with Crippen molar-refractivity contribution < 1.29 is 14.6 Å². The summed E-state index contributed by atoms with van der Waals surface area (Å²) in [6.07, 6.45) is 3.09. The molecule has 1 aromatic carbocycles. The molecule has 1 amide bonds. The van der Waals surface area contributed by atoms with Crippen LogP contribution in [0.3, 0.4) is 0 Å². The molecular formula is C17H19N7O5. The second-order valence-corrected chi connectivity index (χ2v) is 6.70. The summed E-state index contributed by atoms with van der Waals surface area (Å²) in [7, 11) is 0. The van der Waals surface area contributed by atoms with Crippen LogP contribution in [0.2, 0.25) is 0 Å². The molecule has 0 spiro atoms. The number of nitrogens with zero attached hydrogens (tertiary/aromatic N) is 5. The summed E-state index contributed by atoms with van der Waals surface area (Å²) in [4.78, 5) is 43.6. The number of para-hydroxylation sites is 1. The number of nitrogens with one attached hydrogen (secondary N) is 2. The third-order valence-corrected chi connectivity index (χ3v) is 4.58. The van der Waals surface area contributed by atoms with Gasteiger partial charge in [0.2, 0.25) is 11.6 Å². The Morgan fingerprint density at radius 1 is 1.21 bits per heavy atom. The molecule has 0 radical (unpaired) electrons. The molecule has 1 aromatic heterocycles. The van der Waals surface area contributed by atoms with Crippen LogP contribution >= 0.6 is 0 Å². The largest absolute Gasteiger partial charge is 0.355 e. The Bertz CT molecular complexity index is 952. The summed E-state index contributed by atoms with van der Waals surface area (Å²) >= 11 is 0. The van der Waals surface area contributed by atoms with Gasteiger partial charge < -0.3 is 4.90 Å². The predicted octanol–water partition coefficient (Wildman–Crippen LogP) is 2.29. The van der Waals surface area contributed by atoms with Crippen LogP contribution in [0.5, 0.6) is 0 Å². The van der Waals surface area contributed by atoms with Gasteiger partial charge in [-0.25, -0.2) is 9.97 Å². The molecule has 1 aliphatic rings. The van der Waals surface area contributed by atoms with Gasteiger partial charge >= 0.3 is 5.69 Å². The van der Waals surface area contributed by atoms with E-state index < -0.39 is 15.8 Å². The zero-order chi connectivity index (χ0) is 21.0. The fourth-order valence-corrected chi connectivity index (χ4v) is 3.25. The minimum atomic E-state index is -0.821. The standard InChI is InChI=1S/C17H19N7O5/c1-11-5-4-8-22(9-11)16-14(24(28)29)15(18-10-19-16)20-21-17(25)12-6-2-3-7-13(12)23(26)27/h2-3,6-7,10-11H,4-5,8-9H2,1H3,(H,21,25)(H,18,19,20). The molecular weight excluding hydrogens is 382 g/mol. The van der Waals surface area contributed by atoms with Crippen molar-refractivity contribution in [2.45, 2.75) is 19.8 Å². The second kappa shape index (κ2) is 8.46. The average Bonchev–Trinajstić information content (AvgIpc) is 2.71. The summed E-state index contributed by atoms with van der Waals surface area (Å²) < 4.78 is 0. The van der Waals surface area contributed by atoms with Gasteiger partial charge in [0.1, 0.15) is 11.9 Å². The molecule has 2 heterocycles. The first-order valence-corrected chi connectivity index (χ1v) is 8.92. The Balaban J connectivity index is 1.84. The lowest BCUT2D eigenvalue weighted by molar-refractivity contribution is -0.385. The van der Waals surface area contributed by atoms with Gasteiger partial charge in [-0.3, -0.25) is 35.9 Å². The van der Waals surface area contributed by atoms with Gasteiger partial charge in [-0.2, -0.15) is 0 Å². The first kappa shape index (κ1) is 19.9. The third kappa shape index (κ3) is 4.36. The summed E-state index contributed by atoms with van der Waals surface area (Å²) in [5, 5.41) is 22.8. The van der Waals surface area contributed by atoms with Crippen molar-refractivity contribution in [3.63, 3.8) is 0 Å². The maximum Gasteiger partial charge on any atom is 0.355 e. The van der Waals surface area contributed by atoms with E-state index in [0.717, 1.165) is 12.8 Å². The fourth-order valence-electron chi connectivity index (χ4n) is 3.25. The molecule has 152 valence electrons. The van der Waals surface area contributed by atoms with Crippen LogP contribution in [0.1, 0.15) is 30.1 Å². The first-order valence-electron chi connectivity index (χ1n) is 8.92. The topological polar surface area (TPSA) is 156 Å². The number of hydrazine groups is 1. The van der Waals surface area contributed by atoms with E-state index in [1.54, 1.807) is 0 Å². The smallest absolute Gasteiger partial charge is 0.350 e. The van der Waals surface area contributed by atoms with Crippen molar-refractivity contribution in [3.05, 3.63) is 56.4 Å². The Kier molecular flexibility index (Phi) is 5.81. The van der Waals surface area contributed by atoms with Crippen molar-refractivity contribution in [2.75, 3.05) is 23.4 Å². The number of hydrogen-bond donors (Lipinski definition) is 2. The quantitative estimate of drug-likeness (QED) is 0.547. The normalized spacial score (nSPS) is 16.2. The third-order valence-electron chi connectivity index (χ3n) is 4.58. The highest BCUT2D eigenvalue weighted by Crippen LogP contribution is 2.33. The minimum Gasteiger partial charge on any atom is -0.350 e. The molecule has 29 heavy (non-hydrogen) atoms. The van der Waals surface area contributed by atoms with Crippen LogP contribution in [0.4, 0.5) is 23.0 Å². The maximum absolute atomic E-state index is 12.4. The highest BCUT2D eigenvalue weighted by molar-refractivity contribution is 5.98. The van der Waals surface area contributed by atoms with Crippen LogP contribution < -0.4 is 15.8 Å². The van der Waals surface area contributed by atoms with Crippen LogP contribution in [-0.2, 0) is 0 Å². The summed E-state index contributed by atoms with van der Waals surface area (Å²) in [6.45, 7) is 3.31. The Hall–Kier alpha value is -3.83. The number of hydrogen-bond acceptors (Lipinski definition) is 9. The molecule has 2 aromatic rings. The van der Waals surface area contributed by atoms with Gasteiger partial charge in [-0.05, 0) is 24.8 Å². The summed E-state index contributed by atoms with van der Waals surface area (Å²) in [5.74, 6) is -0.490. The Labute approximate surface area is 165 Å². The Morgan fingerprint density at radius 3 is 2.66 bits per heavy atom. The summed E-state index contributed by atoms with van der Waals surface area (Å²) in [6, 6.07) is 5.38. The van der Waals surface area contributed by atoms with E-state index >= 15 is 0 Å². The highest BCUT2D eigenvalue weighted by Gasteiger charge is 2.30. The summed E-state index contributed by atoms with van der Waals surface area (Å²) in [5.41, 5.74) is 3.70. The molecule has 3 rings (SSSR count). The van der Waals surface area contributed by atoms with Crippen LogP contribution in [0.15, 0.2) is 30.6 Å². The molecule has 12 heteroatoms. The van der Waals surface area contributed by atoms with Gasteiger partial charge in [-0.15, -0.1) is 0 Å². The zero-order valence-corrected chi connectivity index (χ0v) is 15.6. The van der Waals surface area contributed by atoms with E-state index in [1.165, 1.54) is 30.6 Å². The number of piperidine rings is 1. The monoisotopic (exact) mass is 401 g/mol. The van der Waals surface area contributed by atoms with Gasteiger partial charge in [0, 0.05) is 19.2 Å². The maximum atomic E-state index is 12.4. The molecule has 1 atom stereocenters. The lowest BCUT2D eigenvalue weighted by atomic mass is 10.0. The predicted molar refractivity (Wildman–Crippen MR) is 103 cm³/mol. The van der Waals surface area contributed by atoms with E-state index in [-0.39, 0.29) is 28.6 Å². The SMILES string of the molecule is CC1CCCN(c2ncnc(NNC(=O)c3ccccc3[N+](=O)[O-])c2[N+](=O)[O-])C1. The van der Waals surface area contributed by atoms with Crippen molar-refractivity contribution in [2.24, 2.45) is 5.92 Å². The number of benzene rings is 1. The molecule has 0 aliphatic carbocycles. The molecule has 0 bridgehead atoms. The van der Waals surface area contributed by atoms with Crippen molar-refractivity contribution in [3.8, 4) is 0 Å². The first-order chi connectivity index (χ1) is 13.9. The second-order valence-electron chi connectivity index (χ2n) is 6.70. The number of rotatable bonds is 6. The number of aromatic nitrogens is 2. The average molecular weight is 401 g/mol. The van der Waals surface area contributed by atoms with E-state index in [1.807, 2.05) is 4.90 Å². The van der Waals surface area contributed by atoms with Gasteiger partial charge in [0.25, 0.3) is 11.6 Å². The van der Waals surface area contributed by atoms with Crippen LogP contribution in [0.25, 0.3) is 0 Å². The molecule has 0 saturated carbocycles. The van der Waals surface area contributed by atoms with Gasteiger partial charge in [0.15, 0.2) is 0 Å². The van der Waals surface area contributed by atoms with E-state index in [4.69, 9.17) is 0 Å². The van der Waals surface area contributed by atoms with E-state index in [2.05, 4.69) is 27.7 Å². The molecule has 2 N–H and O–H groups in total. The number of carbonyl (C=O) groups is 1. The van der Waals surface area contributed by atoms with Gasteiger partial charge in [-0.1, -0.05) is 19.1 Å². The highest BCUT2D eigenvalue weighted by atomic mass is 16.6. The number of carbonyl (C=O) groups excluding carboxylic acids is 1. The number of amides is 1. The molecule has 1 unspecified atom stereocenters. The van der Waals surface area contributed by atoms with Crippen molar-refractivity contribution in [1.82, 2.24) is 15.4 Å². The van der Waals surface area contributed by atoms with E-state index in [0.29, 0.717) is 19.0 Å². The molecule has 1 saturated heterocycles. The Morgan fingerprint density at radius 2 is 1.97 bits per heavy atom. The number of nitro groups is 2. The zero-order valence-electron chi connectivity index (χ0n) is 15.6. The molecule has 1 fully saturated rings. The van der Waals surface area contributed by atoms with Crippen LogP contribution in [0, 0.1) is 26.1 Å². The van der Waals surface area contributed by atoms with E-state index in [9.17, 15) is 25.0 Å². The number of anilines is 2. The number of nitro benzene ring substituents is 1.